The summed E-state index contributed by atoms with van der Waals surface area (Å²) >= 11 is 0. The number of rotatable bonds is 5. The van der Waals surface area contributed by atoms with E-state index in [4.69, 9.17) is 14.3 Å². The molecule has 2 heterocycles. The normalized spacial score (nSPS) is 34.5. The van der Waals surface area contributed by atoms with Crippen molar-refractivity contribution in [3.63, 3.8) is 0 Å². The zero-order valence-electron chi connectivity index (χ0n) is 14.8. The van der Waals surface area contributed by atoms with E-state index in [1.165, 1.54) is 11.1 Å². The molecule has 0 aliphatic carbocycles. The Morgan fingerprint density at radius 2 is 2.04 bits per heavy atom. The molecule has 3 rings (SSSR count). The molecule has 0 saturated carbocycles. The molecule has 0 aromatic heterocycles. The average molecular weight is 317 g/mol. The van der Waals surface area contributed by atoms with Gasteiger partial charge < -0.3 is 14.3 Å². The Hall–Kier alpha value is -1.39. The second-order valence-electron chi connectivity index (χ2n) is 7.24. The van der Waals surface area contributed by atoms with E-state index in [2.05, 4.69) is 45.0 Å². The third-order valence-corrected chi connectivity index (χ3v) is 5.43. The number of oxime groups is 1. The van der Waals surface area contributed by atoms with Crippen LogP contribution in [0.5, 0.6) is 0 Å². The molecule has 0 radical (unpaired) electrons. The molecule has 23 heavy (non-hydrogen) atoms. The van der Waals surface area contributed by atoms with Gasteiger partial charge in [0, 0.05) is 0 Å². The molecule has 0 spiro atoms. The van der Waals surface area contributed by atoms with Crippen LogP contribution in [0.25, 0.3) is 0 Å². The molecule has 4 nitrogen and oxygen atoms in total. The summed E-state index contributed by atoms with van der Waals surface area (Å²) in [5, 5.41) is 4.33. The summed E-state index contributed by atoms with van der Waals surface area (Å²) in [6.45, 7) is 9.17. The van der Waals surface area contributed by atoms with Crippen LogP contribution in [-0.2, 0) is 20.9 Å². The number of benzene rings is 1. The molecule has 4 heteroatoms. The second-order valence-corrected chi connectivity index (χ2v) is 7.24. The van der Waals surface area contributed by atoms with Gasteiger partial charge in [-0.3, -0.25) is 0 Å². The van der Waals surface area contributed by atoms with Gasteiger partial charge in [-0.05, 0) is 43.7 Å². The summed E-state index contributed by atoms with van der Waals surface area (Å²) in [6, 6.07) is 8.31. The van der Waals surface area contributed by atoms with Gasteiger partial charge in [0.25, 0.3) is 0 Å². The zero-order chi connectivity index (χ0) is 16.7. The molecule has 2 fully saturated rings. The standard InChI is InChI=1S/C19H27NO3/c1-13(2)19-11-10-18(4,23-19)17(16(19)20-21-5)22-12-15-9-7-6-8-14(15)3/h6-9,13,17H,10-12H2,1-5H3/t17-,18+,19+/m1/s1. The van der Waals surface area contributed by atoms with Crippen LogP contribution >= 0.6 is 0 Å². The Morgan fingerprint density at radius 1 is 1.30 bits per heavy atom. The monoisotopic (exact) mass is 317 g/mol. The lowest BCUT2D eigenvalue weighted by Gasteiger charge is -2.32. The summed E-state index contributed by atoms with van der Waals surface area (Å²) in [6.07, 6.45) is 1.82. The Balaban J connectivity index is 1.86. The van der Waals surface area contributed by atoms with Crippen LogP contribution in [0.2, 0.25) is 0 Å². The van der Waals surface area contributed by atoms with Gasteiger partial charge in [0.15, 0.2) is 0 Å². The number of fused-ring (bicyclic) bond motifs is 2. The minimum Gasteiger partial charge on any atom is -0.399 e. The van der Waals surface area contributed by atoms with E-state index in [-0.39, 0.29) is 17.3 Å². The molecule has 2 saturated heterocycles. The first kappa shape index (κ1) is 16.5. The summed E-state index contributed by atoms with van der Waals surface area (Å²) in [4.78, 5) is 5.13. The topological polar surface area (TPSA) is 40.0 Å². The van der Waals surface area contributed by atoms with Gasteiger partial charge in [-0.15, -0.1) is 0 Å². The van der Waals surface area contributed by atoms with Crippen LogP contribution in [0.4, 0.5) is 0 Å². The molecule has 2 aliphatic rings. The quantitative estimate of drug-likeness (QED) is 0.774. The van der Waals surface area contributed by atoms with Crippen molar-refractivity contribution in [3.05, 3.63) is 35.4 Å². The highest BCUT2D eigenvalue weighted by atomic mass is 16.6. The fraction of sp³-hybridized carbons (Fsp3) is 0.632. The average Bonchev–Trinajstić information content (AvgIpc) is 2.98. The summed E-state index contributed by atoms with van der Waals surface area (Å²) in [5.74, 6) is 0.338. The molecular weight excluding hydrogens is 290 g/mol. The fourth-order valence-electron chi connectivity index (χ4n) is 3.95. The lowest BCUT2D eigenvalue weighted by molar-refractivity contribution is -0.0959. The van der Waals surface area contributed by atoms with E-state index in [1.807, 2.05) is 12.1 Å². The van der Waals surface area contributed by atoms with Gasteiger partial charge in [-0.2, -0.15) is 0 Å². The third-order valence-electron chi connectivity index (χ3n) is 5.43. The molecule has 0 unspecified atom stereocenters. The van der Waals surface area contributed by atoms with Gasteiger partial charge >= 0.3 is 0 Å². The minimum atomic E-state index is -0.346. The highest BCUT2D eigenvalue weighted by Crippen LogP contribution is 2.53. The number of ether oxygens (including phenoxy) is 2. The van der Waals surface area contributed by atoms with E-state index in [0.717, 1.165) is 18.6 Å². The van der Waals surface area contributed by atoms with Crippen LogP contribution < -0.4 is 0 Å². The van der Waals surface area contributed by atoms with Crippen LogP contribution in [0, 0.1) is 12.8 Å². The second kappa shape index (κ2) is 5.91. The van der Waals surface area contributed by atoms with Crippen molar-refractivity contribution in [2.45, 2.75) is 64.4 Å². The first-order valence-electron chi connectivity index (χ1n) is 8.41. The largest absolute Gasteiger partial charge is 0.399 e. The summed E-state index contributed by atoms with van der Waals surface area (Å²) < 4.78 is 12.8. The maximum Gasteiger partial charge on any atom is 0.131 e. The van der Waals surface area contributed by atoms with E-state index in [9.17, 15) is 0 Å². The molecule has 3 atom stereocenters. The molecule has 2 bridgehead atoms. The van der Waals surface area contributed by atoms with Gasteiger partial charge in [-0.25, -0.2) is 0 Å². The number of aryl methyl sites for hydroxylation is 1. The molecule has 126 valence electrons. The Bertz CT molecular complexity index is 612. The van der Waals surface area contributed by atoms with Gasteiger partial charge in [0.05, 0.1) is 12.2 Å². The maximum absolute atomic E-state index is 6.47. The highest BCUT2D eigenvalue weighted by molar-refractivity contribution is 6.00. The smallest absolute Gasteiger partial charge is 0.131 e. The van der Waals surface area contributed by atoms with Crippen LogP contribution in [-0.4, -0.2) is 30.1 Å². The van der Waals surface area contributed by atoms with Crippen molar-refractivity contribution in [2.75, 3.05) is 7.11 Å². The molecule has 0 N–H and O–H groups in total. The van der Waals surface area contributed by atoms with Crippen LogP contribution in [0.15, 0.2) is 29.4 Å². The maximum atomic E-state index is 6.47. The van der Waals surface area contributed by atoms with Gasteiger partial charge in [0.1, 0.15) is 24.5 Å². The lowest BCUT2D eigenvalue weighted by Crippen LogP contribution is -2.48. The van der Waals surface area contributed by atoms with E-state index >= 15 is 0 Å². The van der Waals surface area contributed by atoms with Crippen molar-refractivity contribution in [1.82, 2.24) is 0 Å². The minimum absolute atomic E-state index is 0.154. The van der Waals surface area contributed by atoms with Crippen molar-refractivity contribution in [3.8, 4) is 0 Å². The lowest BCUT2D eigenvalue weighted by atomic mass is 9.74. The zero-order valence-corrected chi connectivity index (χ0v) is 14.8. The Morgan fingerprint density at radius 3 is 2.70 bits per heavy atom. The number of nitrogens with zero attached hydrogens (tertiary/aromatic N) is 1. The van der Waals surface area contributed by atoms with E-state index in [0.29, 0.717) is 12.5 Å². The van der Waals surface area contributed by atoms with Gasteiger partial charge in [-0.1, -0.05) is 43.3 Å². The molecule has 1 aromatic carbocycles. The number of hydrogen-bond donors (Lipinski definition) is 0. The summed E-state index contributed by atoms with van der Waals surface area (Å²) in [7, 11) is 1.59. The fourth-order valence-corrected chi connectivity index (χ4v) is 3.95. The van der Waals surface area contributed by atoms with Crippen molar-refractivity contribution >= 4 is 5.71 Å². The SMILES string of the molecule is CON=C1[C@@H](OCc2ccccc2C)[C@]2(C)CC[C@@]1(C(C)C)O2. The van der Waals surface area contributed by atoms with Crippen molar-refractivity contribution < 1.29 is 14.3 Å². The van der Waals surface area contributed by atoms with Crippen molar-refractivity contribution in [2.24, 2.45) is 11.1 Å². The van der Waals surface area contributed by atoms with E-state index in [1.54, 1.807) is 7.11 Å². The predicted octanol–water partition coefficient (Wildman–Crippen LogP) is 3.86. The first-order valence-corrected chi connectivity index (χ1v) is 8.41. The summed E-state index contributed by atoms with van der Waals surface area (Å²) in [5.41, 5.74) is 2.70. The molecule has 1 aromatic rings. The molecule has 0 amide bonds. The van der Waals surface area contributed by atoms with Crippen LogP contribution in [0.1, 0.15) is 44.7 Å². The predicted molar refractivity (Wildman–Crippen MR) is 90.5 cm³/mol. The Labute approximate surface area is 138 Å². The van der Waals surface area contributed by atoms with Crippen LogP contribution in [0.3, 0.4) is 0 Å². The molecular formula is C19H27NO3. The highest BCUT2D eigenvalue weighted by Gasteiger charge is 2.65. The van der Waals surface area contributed by atoms with Crippen molar-refractivity contribution in [1.29, 1.82) is 0 Å². The first-order chi connectivity index (χ1) is 10.9. The molecule has 2 aliphatic heterocycles. The van der Waals surface area contributed by atoms with E-state index < -0.39 is 0 Å². The number of hydrogen-bond acceptors (Lipinski definition) is 4. The third kappa shape index (κ3) is 2.58. The Kier molecular flexibility index (Phi) is 4.23. The van der Waals surface area contributed by atoms with Gasteiger partial charge in [0.2, 0.25) is 0 Å².